The largest absolute Gasteiger partial charge is 0.496 e. The average molecular weight is 275 g/mol. The van der Waals surface area contributed by atoms with E-state index in [0.29, 0.717) is 0 Å². The van der Waals surface area contributed by atoms with Gasteiger partial charge in [0.15, 0.2) is 0 Å². The van der Waals surface area contributed by atoms with Crippen LogP contribution in [0.4, 0.5) is 0 Å². The first-order valence-corrected chi connectivity index (χ1v) is 7.32. The number of rotatable bonds is 4. The van der Waals surface area contributed by atoms with E-state index in [0.717, 1.165) is 5.75 Å². The lowest BCUT2D eigenvalue weighted by atomic mass is 9.95. The molecule has 1 N–H and O–H groups in total. The van der Waals surface area contributed by atoms with Crippen LogP contribution >= 0.6 is 11.3 Å². The van der Waals surface area contributed by atoms with Crippen molar-refractivity contribution in [3.8, 4) is 5.75 Å². The Balaban J connectivity index is 2.59. The second-order valence-electron chi connectivity index (χ2n) is 4.89. The molecule has 102 valence electrons. The Hall–Kier alpha value is -1.32. The van der Waals surface area contributed by atoms with Crippen molar-refractivity contribution < 1.29 is 4.74 Å². The summed E-state index contributed by atoms with van der Waals surface area (Å²) in [4.78, 5) is 1.35. The topological polar surface area (TPSA) is 21.3 Å². The molecular weight excluding hydrogens is 254 g/mol. The highest BCUT2D eigenvalue weighted by Crippen LogP contribution is 2.36. The minimum absolute atomic E-state index is 0.190. The van der Waals surface area contributed by atoms with Gasteiger partial charge in [0.25, 0.3) is 0 Å². The van der Waals surface area contributed by atoms with Gasteiger partial charge in [-0.2, -0.15) is 0 Å². The second-order valence-corrected chi connectivity index (χ2v) is 5.84. The number of ether oxygens (including phenoxy) is 1. The molecule has 1 heterocycles. The van der Waals surface area contributed by atoms with Crippen LogP contribution in [0.25, 0.3) is 0 Å². The van der Waals surface area contributed by atoms with Gasteiger partial charge in [-0.3, -0.25) is 0 Å². The molecule has 1 atom stereocenters. The zero-order valence-electron chi connectivity index (χ0n) is 12.2. The molecule has 0 aliphatic heterocycles. The zero-order valence-corrected chi connectivity index (χ0v) is 13.0. The Morgan fingerprint density at radius 2 is 1.89 bits per heavy atom. The highest BCUT2D eigenvalue weighted by molar-refractivity contribution is 7.10. The van der Waals surface area contributed by atoms with Gasteiger partial charge in [0.05, 0.1) is 13.2 Å². The number of methoxy groups -OCH3 is 1. The maximum absolute atomic E-state index is 5.59. The maximum Gasteiger partial charge on any atom is 0.124 e. The van der Waals surface area contributed by atoms with Crippen molar-refractivity contribution in [2.75, 3.05) is 14.2 Å². The summed E-state index contributed by atoms with van der Waals surface area (Å²) in [7, 11) is 3.74. The molecule has 0 aliphatic carbocycles. The molecule has 2 rings (SSSR count). The van der Waals surface area contributed by atoms with Crippen LogP contribution in [-0.2, 0) is 0 Å². The minimum atomic E-state index is 0.190. The van der Waals surface area contributed by atoms with Crippen LogP contribution in [0.2, 0.25) is 0 Å². The van der Waals surface area contributed by atoms with E-state index in [9.17, 15) is 0 Å². The van der Waals surface area contributed by atoms with Crippen LogP contribution in [0.1, 0.15) is 33.2 Å². The van der Waals surface area contributed by atoms with Gasteiger partial charge in [-0.1, -0.05) is 6.07 Å². The smallest absolute Gasteiger partial charge is 0.124 e. The minimum Gasteiger partial charge on any atom is -0.496 e. The quantitative estimate of drug-likeness (QED) is 0.911. The molecule has 3 heteroatoms. The predicted octanol–water partition coefficient (Wildman–Crippen LogP) is 3.99. The SMILES string of the molecule is CNC(c1sccc1C)c1c(C)cc(C)cc1OC. The molecule has 1 aromatic heterocycles. The van der Waals surface area contributed by atoms with Crippen LogP contribution in [0.15, 0.2) is 23.6 Å². The highest BCUT2D eigenvalue weighted by Gasteiger charge is 2.21. The Morgan fingerprint density at radius 3 is 2.42 bits per heavy atom. The van der Waals surface area contributed by atoms with E-state index in [-0.39, 0.29) is 6.04 Å². The van der Waals surface area contributed by atoms with Gasteiger partial charge < -0.3 is 10.1 Å². The second kappa shape index (κ2) is 5.76. The molecule has 0 fully saturated rings. The van der Waals surface area contributed by atoms with E-state index < -0.39 is 0 Å². The van der Waals surface area contributed by atoms with E-state index in [2.05, 4.69) is 49.7 Å². The van der Waals surface area contributed by atoms with Gasteiger partial charge in [-0.15, -0.1) is 11.3 Å². The monoisotopic (exact) mass is 275 g/mol. The summed E-state index contributed by atoms with van der Waals surface area (Å²) < 4.78 is 5.59. The number of thiophene rings is 1. The van der Waals surface area contributed by atoms with Crippen molar-refractivity contribution in [1.29, 1.82) is 0 Å². The molecule has 0 amide bonds. The third-order valence-corrected chi connectivity index (χ3v) is 4.54. The van der Waals surface area contributed by atoms with Gasteiger partial charge in [-0.05, 0) is 62.0 Å². The van der Waals surface area contributed by atoms with Crippen molar-refractivity contribution in [2.24, 2.45) is 0 Å². The first-order valence-electron chi connectivity index (χ1n) is 6.44. The first kappa shape index (κ1) is 14.1. The molecule has 2 aromatic rings. The molecule has 1 aromatic carbocycles. The Kier molecular flexibility index (Phi) is 4.27. The Bertz CT molecular complexity index is 574. The lowest BCUT2D eigenvalue weighted by molar-refractivity contribution is 0.404. The molecule has 19 heavy (non-hydrogen) atoms. The van der Waals surface area contributed by atoms with Crippen molar-refractivity contribution in [1.82, 2.24) is 5.32 Å². The third-order valence-electron chi connectivity index (χ3n) is 3.45. The van der Waals surface area contributed by atoms with Crippen LogP contribution in [0.5, 0.6) is 5.75 Å². The first-order chi connectivity index (χ1) is 9.08. The molecule has 0 bridgehead atoms. The molecule has 0 saturated carbocycles. The van der Waals surface area contributed by atoms with E-state index >= 15 is 0 Å². The highest BCUT2D eigenvalue weighted by atomic mass is 32.1. The molecule has 0 aliphatic rings. The Labute approximate surface area is 119 Å². The summed E-state index contributed by atoms with van der Waals surface area (Å²) in [5.74, 6) is 0.963. The number of benzene rings is 1. The van der Waals surface area contributed by atoms with Gasteiger partial charge in [-0.25, -0.2) is 0 Å². The van der Waals surface area contributed by atoms with Crippen LogP contribution in [0.3, 0.4) is 0 Å². The fourth-order valence-corrected chi connectivity index (χ4v) is 3.61. The standard InChI is InChI=1S/C16H21NOS/c1-10-8-12(3)14(13(9-10)18-5)15(17-4)16-11(2)6-7-19-16/h6-9,15,17H,1-5H3. The van der Waals surface area contributed by atoms with E-state index in [1.165, 1.54) is 27.1 Å². The molecular formula is C16H21NOS. The van der Waals surface area contributed by atoms with Gasteiger partial charge >= 0.3 is 0 Å². The molecule has 2 nitrogen and oxygen atoms in total. The number of hydrogen-bond acceptors (Lipinski definition) is 3. The molecule has 0 radical (unpaired) electrons. The van der Waals surface area contributed by atoms with Crippen molar-refractivity contribution in [2.45, 2.75) is 26.8 Å². The van der Waals surface area contributed by atoms with Gasteiger partial charge in [0, 0.05) is 10.4 Å². The normalized spacial score (nSPS) is 12.5. The molecule has 0 saturated heterocycles. The van der Waals surface area contributed by atoms with Crippen molar-refractivity contribution in [3.63, 3.8) is 0 Å². The summed E-state index contributed by atoms with van der Waals surface area (Å²) in [6.07, 6.45) is 0. The van der Waals surface area contributed by atoms with E-state index in [1.807, 2.05) is 7.05 Å². The summed E-state index contributed by atoms with van der Waals surface area (Å²) in [5, 5.41) is 5.57. The summed E-state index contributed by atoms with van der Waals surface area (Å²) in [5.41, 5.74) is 5.06. The van der Waals surface area contributed by atoms with Gasteiger partial charge in [0.1, 0.15) is 5.75 Å². The van der Waals surface area contributed by atoms with Crippen molar-refractivity contribution in [3.05, 3.63) is 50.7 Å². The van der Waals surface area contributed by atoms with E-state index in [1.54, 1.807) is 18.4 Å². The van der Waals surface area contributed by atoms with Crippen LogP contribution < -0.4 is 10.1 Å². The molecule has 0 spiro atoms. The summed E-state index contributed by atoms with van der Waals surface area (Å²) in [6.45, 7) is 6.41. The maximum atomic E-state index is 5.59. The lowest BCUT2D eigenvalue weighted by Gasteiger charge is -2.22. The molecule has 1 unspecified atom stereocenters. The number of hydrogen-bond donors (Lipinski definition) is 1. The van der Waals surface area contributed by atoms with Gasteiger partial charge in [0.2, 0.25) is 0 Å². The Morgan fingerprint density at radius 1 is 1.16 bits per heavy atom. The third kappa shape index (κ3) is 2.67. The fraction of sp³-hybridized carbons (Fsp3) is 0.375. The van der Waals surface area contributed by atoms with Crippen molar-refractivity contribution >= 4 is 11.3 Å². The van der Waals surface area contributed by atoms with Crippen LogP contribution in [-0.4, -0.2) is 14.2 Å². The fourth-order valence-electron chi connectivity index (χ4n) is 2.57. The number of nitrogens with one attached hydrogen (secondary N) is 1. The number of aryl methyl sites for hydroxylation is 3. The lowest BCUT2D eigenvalue weighted by Crippen LogP contribution is -2.19. The average Bonchev–Trinajstić information content (AvgIpc) is 2.78. The summed E-state index contributed by atoms with van der Waals surface area (Å²) in [6, 6.07) is 6.68. The predicted molar refractivity (Wildman–Crippen MR) is 82.4 cm³/mol. The zero-order chi connectivity index (χ0) is 14.0. The van der Waals surface area contributed by atoms with Crippen LogP contribution in [0, 0.1) is 20.8 Å². The summed E-state index contributed by atoms with van der Waals surface area (Å²) >= 11 is 1.79. The van der Waals surface area contributed by atoms with E-state index in [4.69, 9.17) is 4.74 Å².